The molecular weight excluding hydrogens is 250 g/mol. The van der Waals surface area contributed by atoms with E-state index in [4.69, 9.17) is 10.5 Å². The van der Waals surface area contributed by atoms with Crippen LogP contribution in [0.4, 0.5) is 0 Å². The average molecular weight is 265 g/mol. The summed E-state index contributed by atoms with van der Waals surface area (Å²) in [4.78, 5) is 22.7. The monoisotopic (exact) mass is 265 g/mol. The third kappa shape index (κ3) is 2.37. The Kier molecular flexibility index (Phi) is 4.16. The smallest absolute Gasteiger partial charge is 0.340 e. The number of hydrogen-bond acceptors (Lipinski definition) is 4. The SMILES string of the molecule is CC=Cc1c(C)c(OC)c(C(=O)O)c(C(N)=O)c1O. The molecule has 0 saturated carbocycles. The van der Waals surface area contributed by atoms with Gasteiger partial charge in [0, 0.05) is 11.1 Å². The molecule has 0 aliphatic rings. The molecule has 102 valence electrons. The number of amides is 1. The van der Waals surface area contributed by atoms with E-state index < -0.39 is 28.8 Å². The lowest BCUT2D eigenvalue weighted by Gasteiger charge is -2.16. The normalized spacial score (nSPS) is 10.7. The average Bonchev–Trinajstić information content (AvgIpc) is 2.33. The molecule has 0 saturated heterocycles. The predicted octanol–water partition coefficient (Wildman–Crippen LogP) is 1.54. The molecule has 0 aliphatic carbocycles. The van der Waals surface area contributed by atoms with Crippen molar-refractivity contribution >= 4 is 18.0 Å². The van der Waals surface area contributed by atoms with Gasteiger partial charge in [0.15, 0.2) is 0 Å². The summed E-state index contributed by atoms with van der Waals surface area (Å²) in [5.74, 6) is -2.87. The lowest BCUT2D eigenvalue weighted by atomic mass is 9.95. The van der Waals surface area contributed by atoms with E-state index in [1.54, 1.807) is 26.0 Å². The number of primary amides is 1. The lowest BCUT2D eigenvalue weighted by Crippen LogP contribution is -2.19. The number of aromatic carboxylic acids is 1. The van der Waals surface area contributed by atoms with Crippen LogP contribution in [-0.2, 0) is 0 Å². The van der Waals surface area contributed by atoms with Crippen LogP contribution < -0.4 is 10.5 Å². The van der Waals surface area contributed by atoms with Crippen molar-refractivity contribution in [1.29, 1.82) is 0 Å². The van der Waals surface area contributed by atoms with Crippen LogP contribution in [0.2, 0.25) is 0 Å². The molecule has 1 amide bonds. The fourth-order valence-corrected chi connectivity index (χ4v) is 1.92. The van der Waals surface area contributed by atoms with Crippen LogP contribution in [0.1, 0.15) is 38.8 Å². The van der Waals surface area contributed by atoms with E-state index in [2.05, 4.69) is 0 Å². The van der Waals surface area contributed by atoms with Gasteiger partial charge in [0.1, 0.15) is 17.1 Å². The first-order chi connectivity index (χ1) is 8.86. The fourth-order valence-electron chi connectivity index (χ4n) is 1.92. The summed E-state index contributed by atoms with van der Waals surface area (Å²) in [5.41, 5.74) is 4.98. The second-order valence-corrected chi connectivity index (χ2v) is 3.84. The van der Waals surface area contributed by atoms with E-state index in [-0.39, 0.29) is 5.75 Å². The van der Waals surface area contributed by atoms with Gasteiger partial charge in [0.2, 0.25) is 0 Å². The third-order valence-electron chi connectivity index (χ3n) is 2.71. The van der Waals surface area contributed by atoms with E-state index in [1.165, 1.54) is 7.11 Å². The Hall–Kier alpha value is -2.50. The van der Waals surface area contributed by atoms with Gasteiger partial charge < -0.3 is 20.7 Å². The molecular formula is C13H15NO5. The number of aromatic hydroxyl groups is 1. The Morgan fingerprint density at radius 2 is 1.89 bits per heavy atom. The van der Waals surface area contributed by atoms with Gasteiger partial charge in [-0.05, 0) is 13.8 Å². The molecule has 0 unspecified atom stereocenters. The first-order valence-corrected chi connectivity index (χ1v) is 5.46. The molecule has 0 aromatic heterocycles. The number of nitrogens with two attached hydrogens (primary N) is 1. The van der Waals surface area contributed by atoms with Crippen molar-refractivity contribution in [3.8, 4) is 11.5 Å². The standard InChI is InChI=1S/C13H15NO5/c1-4-5-7-6(2)11(19-3)9(13(17)18)8(10(7)15)12(14)16/h4-5,15H,1-3H3,(H2,14,16)(H,17,18). The molecule has 0 heterocycles. The summed E-state index contributed by atoms with van der Waals surface area (Å²) < 4.78 is 5.04. The second-order valence-electron chi connectivity index (χ2n) is 3.84. The topological polar surface area (TPSA) is 110 Å². The molecule has 0 fully saturated rings. The molecule has 1 aromatic rings. The molecule has 1 rings (SSSR count). The summed E-state index contributed by atoms with van der Waals surface area (Å²) in [6.45, 7) is 3.31. The first-order valence-electron chi connectivity index (χ1n) is 5.46. The number of carboxylic acid groups (broad SMARTS) is 1. The van der Waals surface area contributed by atoms with Gasteiger partial charge in [-0.25, -0.2) is 4.79 Å². The van der Waals surface area contributed by atoms with Crippen molar-refractivity contribution in [2.45, 2.75) is 13.8 Å². The minimum atomic E-state index is -1.39. The Labute approximate surface area is 110 Å². The zero-order valence-corrected chi connectivity index (χ0v) is 10.9. The number of benzene rings is 1. The Bertz CT molecular complexity index is 575. The van der Waals surface area contributed by atoms with E-state index in [1.807, 2.05) is 0 Å². The molecule has 0 aliphatic heterocycles. The van der Waals surface area contributed by atoms with E-state index in [0.29, 0.717) is 11.1 Å². The quantitative estimate of drug-likeness (QED) is 0.764. The third-order valence-corrected chi connectivity index (χ3v) is 2.71. The molecule has 0 radical (unpaired) electrons. The summed E-state index contributed by atoms with van der Waals surface area (Å²) in [7, 11) is 1.29. The van der Waals surface area contributed by atoms with Crippen LogP contribution in [0.15, 0.2) is 6.08 Å². The van der Waals surface area contributed by atoms with E-state index in [9.17, 15) is 19.8 Å². The number of ether oxygens (including phenoxy) is 1. The molecule has 4 N–H and O–H groups in total. The number of methoxy groups -OCH3 is 1. The summed E-state index contributed by atoms with van der Waals surface area (Å²) in [6.07, 6.45) is 3.19. The van der Waals surface area contributed by atoms with Gasteiger partial charge in [-0.15, -0.1) is 0 Å². The molecule has 1 aromatic carbocycles. The molecule has 0 bridgehead atoms. The van der Waals surface area contributed by atoms with Crippen LogP contribution in [-0.4, -0.2) is 29.2 Å². The maximum Gasteiger partial charge on any atom is 0.340 e. The predicted molar refractivity (Wildman–Crippen MR) is 69.6 cm³/mol. The maximum atomic E-state index is 11.4. The largest absolute Gasteiger partial charge is 0.506 e. The van der Waals surface area contributed by atoms with E-state index >= 15 is 0 Å². The fraction of sp³-hybridized carbons (Fsp3) is 0.231. The molecule has 19 heavy (non-hydrogen) atoms. The van der Waals surface area contributed by atoms with Crippen LogP contribution in [0.5, 0.6) is 11.5 Å². The highest BCUT2D eigenvalue weighted by molar-refractivity contribution is 6.09. The maximum absolute atomic E-state index is 11.4. The van der Waals surface area contributed by atoms with Crippen molar-refractivity contribution < 1.29 is 24.5 Å². The first kappa shape index (κ1) is 14.6. The second kappa shape index (κ2) is 5.43. The number of carboxylic acids is 1. The highest BCUT2D eigenvalue weighted by Crippen LogP contribution is 2.38. The number of rotatable bonds is 4. The summed E-state index contributed by atoms with van der Waals surface area (Å²) in [5, 5.41) is 19.2. The molecule has 6 nitrogen and oxygen atoms in total. The zero-order valence-electron chi connectivity index (χ0n) is 10.9. The Morgan fingerprint density at radius 1 is 1.32 bits per heavy atom. The van der Waals surface area contributed by atoms with Gasteiger partial charge in [-0.1, -0.05) is 12.2 Å². The lowest BCUT2D eigenvalue weighted by molar-refractivity contribution is 0.0687. The molecule has 0 spiro atoms. The number of carbonyl (C=O) groups is 2. The van der Waals surface area contributed by atoms with Gasteiger partial charge in [0.25, 0.3) is 5.91 Å². The minimum absolute atomic E-state index is 0.00667. The highest BCUT2D eigenvalue weighted by Gasteiger charge is 2.28. The van der Waals surface area contributed by atoms with Crippen molar-refractivity contribution in [2.75, 3.05) is 7.11 Å². The van der Waals surface area contributed by atoms with Crippen molar-refractivity contribution in [3.05, 3.63) is 28.3 Å². The molecule has 0 atom stereocenters. The summed E-state index contributed by atoms with van der Waals surface area (Å²) in [6, 6.07) is 0. The van der Waals surface area contributed by atoms with Crippen LogP contribution >= 0.6 is 0 Å². The number of carbonyl (C=O) groups excluding carboxylic acids is 1. The minimum Gasteiger partial charge on any atom is -0.506 e. The zero-order chi connectivity index (χ0) is 14.7. The van der Waals surface area contributed by atoms with Crippen LogP contribution in [0, 0.1) is 6.92 Å². The summed E-state index contributed by atoms with van der Waals surface area (Å²) >= 11 is 0. The Balaban J connectivity index is 3.93. The van der Waals surface area contributed by atoms with Gasteiger partial charge in [-0.2, -0.15) is 0 Å². The van der Waals surface area contributed by atoms with Gasteiger partial charge in [0.05, 0.1) is 12.7 Å². The van der Waals surface area contributed by atoms with Gasteiger partial charge in [-0.3, -0.25) is 4.79 Å². The van der Waals surface area contributed by atoms with Crippen LogP contribution in [0.3, 0.4) is 0 Å². The van der Waals surface area contributed by atoms with Crippen molar-refractivity contribution in [2.24, 2.45) is 5.73 Å². The van der Waals surface area contributed by atoms with Crippen molar-refractivity contribution in [1.82, 2.24) is 0 Å². The highest BCUT2D eigenvalue weighted by atomic mass is 16.5. The van der Waals surface area contributed by atoms with Gasteiger partial charge >= 0.3 is 5.97 Å². The number of allylic oxidation sites excluding steroid dienone is 1. The number of phenols is 1. The van der Waals surface area contributed by atoms with E-state index in [0.717, 1.165) is 0 Å². The van der Waals surface area contributed by atoms with Crippen LogP contribution in [0.25, 0.3) is 6.08 Å². The molecule has 6 heteroatoms. The Morgan fingerprint density at radius 3 is 2.26 bits per heavy atom. The van der Waals surface area contributed by atoms with Crippen molar-refractivity contribution in [3.63, 3.8) is 0 Å². The number of hydrogen-bond donors (Lipinski definition) is 3.